The number of morpholine rings is 1. The Bertz CT molecular complexity index is 1120. The Balaban J connectivity index is 1.66. The summed E-state index contributed by atoms with van der Waals surface area (Å²) in [5, 5.41) is 24.6. The topological polar surface area (TPSA) is 108 Å². The fourth-order valence-corrected chi connectivity index (χ4v) is 5.87. The number of anilines is 2. The number of ether oxygens (including phenoxy) is 1. The van der Waals surface area contributed by atoms with Gasteiger partial charge in [0.25, 0.3) is 11.6 Å². The van der Waals surface area contributed by atoms with E-state index in [2.05, 4.69) is 32.2 Å². The van der Waals surface area contributed by atoms with Crippen molar-refractivity contribution in [3.05, 3.63) is 49.9 Å². The highest BCUT2D eigenvalue weighted by atomic mass is 32.1. The summed E-state index contributed by atoms with van der Waals surface area (Å²) in [6.07, 6.45) is 2.73. The molecule has 1 saturated heterocycles. The Morgan fingerprint density at radius 1 is 1.33 bits per heavy atom. The Labute approximate surface area is 197 Å². The third-order valence-electron chi connectivity index (χ3n) is 6.62. The van der Waals surface area contributed by atoms with Gasteiger partial charge in [-0.3, -0.25) is 14.9 Å². The summed E-state index contributed by atoms with van der Waals surface area (Å²) in [6.45, 7) is 8.97. The van der Waals surface area contributed by atoms with Crippen LogP contribution in [0.4, 0.5) is 16.4 Å². The zero-order chi connectivity index (χ0) is 23.8. The number of fused-ring (bicyclic) bond motifs is 1. The summed E-state index contributed by atoms with van der Waals surface area (Å²) in [4.78, 5) is 27.4. The van der Waals surface area contributed by atoms with E-state index in [4.69, 9.17) is 4.74 Å². The van der Waals surface area contributed by atoms with Crippen LogP contribution in [0.5, 0.6) is 0 Å². The normalized spacial score (nSPS) is 18.4. The molecule has 2 heterocycles. The van der Waals surface area contributed by atoms with Crippen molar-refractivity contribution in [2.24, 2.45) is 11.3 Å². The Morgan fingerprint density at radius 2 is 2.06 bits per heavy atom. The lowest BCUT2D eigenvalue weighted by Gasteiger charge is -2.33. The average molecular weight is 469 g/mol. The fourth-order valence-electron chi connectivity index (χ4n) is 4.60. The molecule has 1 aliphatic carbocycles. The molecule has 1 amide bonds. The minimum Gasteiger partial charge on any atom is -0.378 e. The first-order valence-corrected chi connectivity index (χ1v) is 12.0. The number of benzene rings is 1. The SMILES string of the molecule is CC(C)(C)C1CCc2c(sc(NC(=O)c3cc([N+](=O)[O-])ccc3N3CCOCC3)c2C#N)C1. The van der Waals surface area contributed by atoms with Crippen molar-refractivity contribution < 1.29 is 14.5 Å². The lowest BCUT2D eigenvalue weighted by molar-refractivity contribution is -0.384. The minimum absolute atomic E-state index is 0.142. The number of rotatable bonds is 4. The standard InChI is InChI=1S/C24H28N4O4S/c1-24(2,3)15-4-6-17-19(14-25)23(33-21(17)12-15)26-22(29)18-13-16(28(30)31)5-7-20(18)27-8-10-32-11-9-27/h5,7,13,15H,4,6,8-12H2,1-3H3,(H,26,29). The number of nitro groups is 1. The van der Waals surface area contributed by atoms with Gasteiger partial charge in [-0.05, 0) is 42.2 Å². The molecule has 0 bridgehead atoms. The first kappa shape index (κ1) is 23.2. The van der Waals surface area contributed by atoms with Gasteiger partial charge in [0, 0.05) is 30.1 Å². The molecule has 0 saturated carbocycles. The summed E-state index contributed by atoms with van der Waals surface area (Å²) in [5.41, 5.74) is 2.45. The zero-order valence-electron chi connectivity index (χ0n) is 19.1. The number of carbonyl (C=O) groups is 1. The number of nitrogens with zero attached hydrogens (tertiary/aromatic N) is 3. The van der Waals surface area contributed by atoms with Gasteiger partial charge in [-0.1, -0.05) is 20.8 Å². The van der Waals surface area contributed by atoms with Crippen LogP contribution in [0.3, 0.4) is 0 Å². The van der Waals surface area contributed by atoms with Crippen LogP contribution < -0.4 is 10.2 Å². The number of hydrogen-bond donors (Lipinski definition) is 1. The summed E-state index contributed by atoms with van der Waals surface area (Å²) in [5.74, 6) is 0.0751. The van der Waals surface area contributed by atoms with Crippen molar-refractivity contribution in [2.75, 3.05) is 36.5 Å². The van der Waals surface area contributed by atoms with E-state index in [1.807, 2.05) is 4.90 Å². The van der Waals surface area contributed by atoms with Crippen molar-refractivity contribution in [3.8, 4) is 6.07 Å². The molecule has 1 aromatic carbocycles. The highest BCUT2D eigenvalue weighted by Gasteiger charge is 2.33. The molecule has 1 unspecified atom stereocenters. The van der Waals surface area contributed by atoms with Crippen molar-refractivity contribution in [1.82, 2.24) is 0 Å². The van der Waals surface area contributed by atoms with E-state index in [1.54, 1.807) is 6.07 Å². The van der Waals surface area contributed by atoms with Crippen LogP contribution in [-0.2, 0) is 17.6 Å². The van der Waals surface area contributed by atoms with Crippen molar-refractivity contribution in [2.45, 2.75) is 40.0 Å². The molecule has 9 heteroatoms. The van der Waals surface area contributed by atoms with Gasteiger partial charge in [0.1, 0.15) is 11.1 Å². The van der Waals surface area contributed by atoms with E-state index in [-0.39, 0.29) is 16.7 Å². The molecule has 1 N–H and O–H groups in total. The van der Waals surface area contributed by atoms with Crippen LogP contribution in [-0.4, -0.2) is 37.1 Å². The largest absolute Gasteiger partial charge is 0.378 e. The molecular weight excluding hydrogens is 440 g/mol. The van der Waals surface area contributed by atoms with Gasteiger partial charge in [0.15, 0.2) is 0 Å². The predicted octanol–water partition coefficient (Wildman–Crippen LogP) is 4.77. The molecule has 174 valence electrons. The fraction of sp³-hybridized carbons (Fsp3) is 0.500. The first-order chi connectivity index (χ1) is 15.7. The van der Waals surface area contributed by atoms with Crippen LogP contribution in [0, 0.1) is 32.8 Å². The summed E-state index contributed by atoms with van der Waals surface area (Å²) in [7, 11) is 0. The Hall–Kier alpha value is -2.96. The molecule has 1 aliphatic heterocycles. The van der Waals surface area contributed by atoms with E-state index >= 15 is 0 Å². The average Bonchev–Trinajstić information content (AvgIpc) is 3.14. The van der Waals surface area contributed by atoms with Gasteiger partial charge in [0.2, 0.25) is 0 Å². The number of nitrogens with one attached hydrogen (secondary N) is 1. The maximum Gasteiger partial charge on any atom is 0.270 e. The zero-order valence-corrected chi connectivity index (χ0v) is 20.0. The van der Waals surface area contributed by atoms with E-state index in [1.165, 1.54) is 23.5 Å². The second-order valence-electron chi connectivity index (χ2n) is 9.64. The van der Waals surface area contributed by atoms with Gasteiger partial charge < -0.3 is 15.0 Å². The Morgan fingerprint density at radius 3 is 2.70 bits per heavy atom. The molecule has 33 heavy (non-hydrogen) atoms. The minimum atomic E-state index is -0.503. The molecule has 1 fully saturated rings. The number of thiophene rings is 1. The first-order valence-electron chi connectivity index (χ1n) is 11.2. The second kappa shape index (κ2) is 9.12. The van der Waals surface area contributed by atoms with E-state index in [0.29, 0.717) is 48.5 Å². The smallest absolute Gasteiger partial charge is 0.270 e. The van der Waals surface area contributed by atoms with Crippen LogP contribution in [0.1, 0.15) is 53.6 Å². The highest BCUT2D eigenvalue weighted by Crippen LogP contribution is 2.44. The van der Waals surface area contributed by atoms with Crippen LogP contribution in [0.15, 0.2) is 18.2 Å². The summed E-state index contributed by atoms with van der Waals surface area (Å²) < 4.78 is 5.40. The summed E-state index contributed by atoms with van der Waals surface area (Å²) in [6, 6.07) is 6.63. The number of carbonyl (C=O) groups excluding carboxylic acids is 1. The molecule has 0 radical (unpaired) electrons. The van der Waals surface area contributed by atoms with Crippen molar-refractivity contribution in [3.63, 3.8) is 0 Å². The van der Waals surface area contributed by atoms with Gasteiger partial charge in [-0.25, -0.2) is 0 Å². The molecule has 8 nitrogen and oxygen atoms in total. The number of amides is 1. The number of hydrogen-bond acceptors (Lipinski definition) is 7. The Kier molecular flexibility index (Phi) is 6.41. The molecule has 0 spiro atoms. The van der Waals surface area contributed by atoms with Gasteiger partial charge >= 0.3 is 0 Å². The lowest BCUT2D eigenvalue weighted by Crippen LogP contribution is -2.37. The molecule has 2 aromatic rings. The van der Waals surface area contributed by atoms with Crippen LogP contribution in [0.25, 0.3) is 0 Å². The quantitative estimate of drug-likeness (QED) is 0.511. The van der Waals surface area contributed by atoms with E-state index < -0.39 is 10.8 Å². The monoisotopic (exact) mass is 468 g/mol. The maximum absolute atomic E-state index is 13.4. The number of nitro benzene ring substituents is 1. The molecule has 4 rings (SSSR count). The molecule has 1 aromatic heterocycles. The van der Waals surface area contributed by atoms with E-state index in [9.17, 15) is 20.2 Å². The van der Waals surface area contributed by atoms with Crippen molar-refractivity contribution >= 4 is 33.6 Å². The van der Waals surface area contributed by atoms with Crippen molar-refractivity contribution in [1.29, 1.82) is 5.26 Å². The van der Waals surface area contributed by atoms with Crippen LogP contribution >= 0.6 is 11.3 Å². The lowest BCUT2D eigenvalue weighted by atomic mass is 9.72. The van der Waals surface area contributed by atoms with E-state index in [0.717, 1.165) is 29.7 Å². The van der Waals surface area contributed by atoms with Gasteiger partial charge in [-0.2, -0.15) is 5.26 Å². The van der Waals surface area contributed by atoms with Crippen LogP contribution in [0.2, 0.25) is 0 Å². The molecule has 2 aliphatic rings. The highest BCUT2D eigenvalue weighted by molar-refractivity contribution is 7.16. The molecular formula is C24H28N4O4S. The second-order valence-corrected chi connectivity index (χ2v) is 10.7. The number of nitriles is 1. The number of non-ortho nitro benzene ring substituents is 1. The molecule has 1 atom stereocenters. The third kappa shape index (κ3) is 4.72. The third-order valence-corrected chi connectivity index (χ3v) is 7.79. The predicted molar refractivity (Wildman–Crippen MR) is 128 cm³/mol. The maximum atomic E-state index is 13.4. The van der Waals surface area contributed by atoms with Gasteiger partial charge in [0.05, 0.1) is 35.0 Å². The summed E-state index contributed by atoms with van der Waals surface area (Å²) >= 11 is 1.46. The van der Waals surface area contributed by atoms with Gasteiger partial charge in [-0.15, -0.1) is 11.3 Å².